The van der Waals surface area contributed by atoms with E-state index in [4.69, 9.17) is 0 Å². The Kier molecular flexibility index (Phi) is 4.36. The largest absolute Gasteiger partial charge is 0.393 e. The van der Waals surface area contributed by atoms with Crippen molar-refractivity contribution in [2.45, 2.75) is 51.6 Å². The summed E-state index contributed by atoms with van der Waals surface area (Å²) < 4.78 is 0. The second-order valence-corrected chi connectivity index (χ2v) is 5.94. The molecule has 3 heteroatoms. The van der Waals surface area contributed by atoms with E-state index in [1.54, 1.807) is 11.3 Å². The molecule has 1 aromatic heterocycles. The molecule has 1 aliphatic carbocycles. The van der Waals surface area contributed by atoms with Crippen LogP contribution in [0.25, 0.3) is 0 Å². The van der Waals surface area contributed by atoms with Crippen LogP contribution in [0.1, 0.15) is 43.9 Å². The summed E-state index contributed by atoms with van der Waals surface area (Å²) in [6.07, 6.45) is 8.89. The second kappa shape index (κ2) is 5.78. The van der Waals surface area contributed by atoms with E-state index in [1.807, 2.05) is 11.7 Å². The van der Waals surface area contributed by atoms with Crippen molar-refractivity contribution in [2.75, 3.05) is 0 Å². The predicted molar refractivity (Wildman–Crippen MR) is 67.6 cm³/mol. The first-order valence-electron chi connectivity index (χ1n) is 6.35. The van der Waals surface area contributed by atoms with Crippen molar-refractivity contribution in [3.8, 4) is 0 Å². The molecule has 0 spiro atoms. The van der Waals surface area contributed by atoms with Crippen LogP contribution in [0.4, 0.5) is 0 Å². The molecule has 1 heterocycles. The van der Waals surface area contributed by atoms with Crippen LogP contribution in [0.3, 0.4) is 0 Å². The highest BCUT2D eigenvalue weighted by atomic mass is 32.1. The molecule has 0 aliphatic heterocycles. The topological polar surface area (TPSA) is 33.1 Å². The lowest BCUT2D eigenvalue weighted by Gasteiger charge is -2.33. The summed E-state index contributed by atoms with van der Waals surface area (Å²) in [7, 11) is 0. The van der Waals surface area contributed by atoms with Gasteiger partial charge in [-0.05, 0) is 37.5 Å². The molecule has 1 saturated carbocycles. The molecule has 0 radical (unpaired) electrons. The summed E-state index contributed by atoms with van der Waals surface area (Å²) in [5, 5.41) is 10.0. The van der Waals surface area contributed by atoms with Gasteiger partial charge in [0.05, 0.1) is 11.6 Å². The first-order valence-corrected chi connectivity index (χ1v) is 7.23. The normalized spacial score (nSPS) is 30.5. The van der Waals surface area contributed by atoms with Crippen LogP contribution >= 0.6 is 11.3 Å². The zero-order valence-electron chi connectivity index (χ0n) is 9.93. The van der Waals surface area contributed by atoms with Crippen molar-refractivity contribution in [3.63, 3.8) is 0 Å². The summed E-state index contributed by atoms with van der Waals surface area (Å²) in [4.78, 5) is 5.43. The van der Waals surface area contributed by atoms with Crippen LogP contribution in [0.15, 0.2) is 11.7 Å². The Labute approximate surface area is 102 Å². The first kappa shape index (κ1) is 12.1. The number of nitrogens with zero attached hydrogens (tertiary/aromatic N) is 1. The summed E-state index contributed by atoms with van der Waals surface area (Å²) >= 11 is 1.71. The van der Waals surface area contributed by atoms with E-state index < -0.39 is 0 Å². The van der Waals surface area contributed by atoms with E-state index in [0.717, 1.165) is 18.8 Å². The molecule has 0 saturated heterocycles. The van der Waals surface area contributed by atoms with Crippen LogP contribution in [0.2, 0.25) is 0 Å². The van der Waals surface area contributed by atoms with Crippen molar-refractivity contribution < 1.29 is 5.11 Å². The fourth-order valence-corrected chi connectivity index (χ4v) is 3.53. The SMILES string of the molecule is CCCC1CCC(O)C(Cc2cncs2)C1. The molecule has 16 heavy (non-hydrogen) atoms. The van der Waals surface area contributed by atoms with Gasteiger partial charge in [0.1, 0.15) is 0 Å². The molecule has 3 atom stereocenters. The van der Waals surface area contributed by atoms with Gasteiger partial charge in [-0.25, -0.2) is 0 Å². The number of aromatic nitrogens is 1. The molecular weight excluding hydrogens is 218 g/mol. The van der Waals surface area contributed by atoms with Crippen molar-refractivity contribution in [1.82, 2.24) is 4.98 Å². The van der Waals surface area contributed by atoms with Gasteiger partial charge in [-0.1, -0.05) is 19.8 Å². The minimum Gasteiger partial charge on any atom is -0.393 e. The summed E-state index contributed by atoms with van der Waals surface area (Å²) in [6, 6.07) is 0. The Morgan fingerprint density at radius 2 is 2.38 bits per heavy atom. The Morgan fingerprint density at radius 1 is 1.50 bits per heavy atom. The van der Waals surface area contributed by atoms with E-state index in [1.165, 1.54) is 30.6 Å². The average molecular weight is 239 g/mol. The van der Waals surface area contributed by atoms with E-state index in [9.17, 15) is 5.11 Å². The first-order chi connectivity index (χ1) is 7.79. The van der Waals surface area contributed by atoms with Gasteiger partial charge < -0.3 is 5.11 Å². The fourth-order valence-electron chi connectivity index (χ4n) is 2.84. The van der Waals surface area contributed by atoms with Crippen LogP contribution in [-0.4, -0.2) is 16.2 Å². The molecule has 0 bridgehead atoms. The minimum absolute atomic E-state index is 0.0878. The molecule has 1 N–H and O–H groups in total. The Balaban J connectivity index is 1.91. The molecule has 1 aromatic rings. The number of hydrogen-bond donors (Lipinski definition) is 1. The third-order valence-electron chi connectivity index (χ3n) is 3.69. The second-order valence-electron chi connectivity index (χ2n) is 4.97. The highest BCUT2D eigenvalue weighted by Crippen LogP contribution is 2.34. The van der Waals surface area contributed by atoms with Crippen LogP contribution in [0.5, 0.6) is 0 Å². The lowest BCUT2D eigenvalue weighted by Crippen LogP contribution is -2.30. The summed E-state index contributed by atoms with van der Waals surface area (Å²) in [6.45, 7) is 2.25. The fraction of sp³-hybridized carbons (Fsp3) is 0.769. The number of rotatable bonds is 4. The molecule has 2 rings (SSSR count). The van der Waals surface area contributed by atoms with E-state index >= 15 is 0 Å². The zero-order chi connectivity index (χ0) is 11.4. The molecule has 1 fully saturated rings. The van der Waals surface area contributed by atoms with E-state index in [2.05, 4.69) is 11.9 Å². The van der Waals surface area contributed by atoms with Gasteiger partial charge >= 0.3 is 0 Å². The van der Waals surface area contributed by atoms with Gasteiger partial charge in [-0.3, -0.25) is 4.98 Å². The van der Waals surface area contributed by atoms with Gasteiger partial charge in [0.2, 0.25) is 0 Å². The predicted octanol–water partition coefficient (Wildman–Crippen LogP) is 3.26. The third-order valence-corrected chi connectivity index (χ3v) is 4.50. The smallest absolute Gasteiger partial charge is 0.0794 e. The lowest BCUT2D eigenvalue weighted by molar-refractivity contribution is 0.0466. The van der Waals surface area contributed by atoms with Crippen molar-refractivity contribution in [2.24, 2.45) is 11.8 Å². The number of thiazole rings is 1. The Hall–Kier alpha value is -0.410. The van der Waals surface area contributed by atoms with Crippen LogP contribution in [0, 0.1) is 11.8 Å². The maximum atomic E-state index is 10.0. The van der Waals surface area contributed by atoms with Crippen molar-refractivity contribution in [1.29, 1.82) is 0 Å². The monoisotopic (exact) mass is 239 g/mol. The van der Waals surface area contributed by atoms with Gasteiger partial charge in [0.15, 0.2) is 0 Å². The van der Waals surface area contributed by atoms with E-state index in [-0.39, 0.29) is 6.10 Å². The van der Waals surface area contributed by atoms with Crippen LogP contribution in [-0.2, 0) is 6.42 Å². The van der Waals surface area contributed by atoms with Gasteiger partial charge in [-0.15, -0.1) is 11.3 Å². The molecular formula is C13H21NOS. The van der Waals surface area contributed by atoms with Gasteiger partial charge in [-0.2, -0.15) is 0 Å². The molecule has 2 nitrogen and oxygen atoms in total. The average Bonchev–Trinajstić information content (AvgIpc) is 2.76. The maximum Gasteiger partial charge on any atom is 0.0794 e. The van der Waals surface area contributed by atoms with Crippen LogP contribution < -0.4 is 0 Å². The number of hydrogen-bond acceptors (Lipinski definition) is 3. The third kappa shape index (κ3) is 3.05. The van der Waals surface area contributed by atoms with Gasteiger partial charge in [0.25, 0.3) is 0 Å². The summed E-state index contributed by atoms with van der Waals surface area (Å²) in [5.41, 5.74) is 1.88. The highest BCUT2D eigenvalue weighted by Gasteiger charge is 2.28. The highest BCUT2D eigenvalue weighted by molar-refractivity contribution is 7.09. The van der Waals surface area contributed by atoms with E-state index in [0.29, 0.717) is 5.92 Å². The number of aliphatic hydroxyl groups is 1. The Bertz CT molecular complexity index is 299. The standard InChI is InChI=1S/C13H21NOS/c1-2-3-10-4-5-13(15)11(6-10)7-12-8-14-9-16-12/h8-11,13,15H,2-7H2,1H3. The lowest BCUT2D eigenvalue weighted by atomic mass is 9.76. The maximum absolute atomic E-state index is 10.0. The molecule has 0 aromatic carbocycles. The minimum atomic E-state index is -0.0878. The van der Waals surface area contributed by atoms with Gasteiger partial charge in [0, 0.05) is 11.1 Å². The molecule has 3 unspecified atom stereocenters. The molecule has 0 amide bonds. The Morgan fingerprint density at radius 3 is 3.06 bits per heavy atom. The molecule has 90 valence electrons. The molecule has 1 aliphatic rings. The number of aliphatic hydroxyl groups excluding tert-OH is 1. The summed E-state index contributed by atoms with van der Waals surface area (Å²) in [5.74, 6) is 1.30. The van der Waals surface area contributed by atoms with Crippen molar-refractivity contribution >= 4 is 11.3 Å². The van der Waals surface area contributed by atoms with Crippen molar-refractivity contribution in [3.05, 3.63) is 16.6 Å². The zero-order valence-corrected chi connectivity index (χ0v) is 10.7. The quantitative estimate of drug-likeness (QED) is 0.875.